The van der Waals surface area contributed by atoms with E-state index in [4.69, 9.17) is 0 Å². The van der Waals surface area contributed by atoms with Crippen LogP contribution in [0.5, 0.6) is 0 Å². The van der Waals surface area contributed by atoms with Gasteiger partial charge < -0.3 is 0 Å². The zero-order valence-electron chi connectivity index (χ0n) is 12.8. The Bertz CT molecular complexity index is 940. The molecule has 0 bridgehead atoms. The first-order valence-electron chi connectivity index (χ1n) is 7.28. The lowest BCUT2D eigenvalue weighted by Crippen LogP contribution is -2.41. The summed E-state index contributed by atoms with van der Waals surface area (Å²) in [5, 5.41) is 0.732. The maximum atomic E-state index is 12.5. The summed E-state index contributed by atoms with van der Waals surface area (Å²) in [6.07, 6.45) is 0. The van der Waals surface area contributed by atoms with Crippen LogP contribution in [0.15, 0.2) is 59.1 Å². The number of halogens is 1. The molecule has 6 heteroatoms. The van der Waals surface area contributed by atoms with Crippen molar-refractivity contribution in [2.24, 2.45) is 0 Å². The number of nitrogens with zero attached hydrogens (tertiary/aromatic N) is 1. The minimum atomic E-state index is -0.397. The van der Waals surface area contributed by atoms with Crippen LogP contribution in [0.4, 0.5) is 0 Å². The number of nitrogens with one attached hydrogen (secondary N) is 2. The number of hydrogen-bond donors (Lipinski definition) is 2. The molecule has 0 saturated heterocycles. The van der Waals surface area contributed by atoms with E-state index in [9.17, 15) is 9.59 Å². The van der Waals surface area contributed by atoms with Crippen LogP contribution in [0.1, 0.15) is 26.4 Å². The molecule has 2 amide bonds. The first-order chi connectivity index (χ1) is 11.6. The van der Waals surface area contributed by atoms with Gasteiger partial charge in [-0.1, -0.05) is 30.3 Å². The second kappa shape index (κ2) is 6.80. The van der Waals surface area contributed by atoms with Crippen molar-refractivity contribution in [2.45, 2.75) is 6.92 Å². The number of benzene rings is 2. The van der Waals surface area contributed by atoms with E-state index >= 15 is 0 Å². The van der Waals surface area contributed by atoms with Gasteiger partial charge in [0.2, 0.25) is 0 Å². The number of aromatic nitrogens is 1. The predicted molar refractivity (Wildman–Crippen MR) is 95.6 cm³/mol. The number of pyridine rings is 1. The third-order valence-corrected chi connectivity index (χ3v) is 4.19. The van der Waals surface area contributed by atoms with Crippen LogP contribution in [0.25, 0.3) is 10.9 Å². The summed E-state index contributed by atoms with van der Waals surface area (Å²) >= 11 is 3.31. The fourth-order valence-corrected chi connectivity index (χ4v) is 2.85. The Labute approximate surface area is 147 Å². The predicted octanol–water partition coefficient (Wildman–Crippen LogP) is 3.38. The van der Waals surface area contributed by atoms with Gasteiger partial charge in [0.15, 0.2) is 0 Å². The van der Waals surface area contributed by atoms with Crippen LogP contribution in [-0.2, 0) is 0 Å². The van der Waals surface area contributed by atoms with E-state index < -0.39 is 11.8 Å². The Hall–Kier alpha value is -2.73. The highest BCUT2D eigenvalue weighted by Crippen LogP contribution is 2.18. The Morgan fingerprint density at radius 1 is 0.917 bits per heavy atom. The number of aryl methyl sites for hydroxylation is 1. The van der Waals surface area contributed by atoms with Gasteiger partial charge >= 0.3 is 0 Å². The molecule has 0 radical (unpaired) electrons. The number of para-hydroxylation sites is 1. The zero-order chi connectivity index (χ0) is 17.1. The van der Waals surface area contributed by atoms with Gasteiger partial charge in [-0.2, -0.15) is 0 Å². The Morgan fingerprint density at radius 2 is 1.54 bits per heavy atom. The summed E-state index contributed by atoms with van der Waals surface area (Å²) in [6.45, 7) is 1.82. The van der Waals surface area contributed by atoms with Crippen LogP contribution in [0, 0.1) is 6.92 Å². The lowest BCUT2D eigenvalue weighted by Gasteiger charge is -2.10. The molecule has 0 aliphatic heterocycles. The average Bonchev–Trinajstić information content (AvgIpc) is 2.59. The summed E-state index contributed by atoms with van der Waals surface area (Å²) < 4.78 is 0.655. The molecule has 0 aliphatic rings. The first kappa shape index (κ1) is 16.1. The molecule has 3 rings (SSSR count). The molecular weight excluding hydrogens is 370 g/mol. The summed E-state index contributed by atoms with van der Waals surface area (Å²) in [6, 6.07) is 16.1. The molecule has 0 atom stereocenters. The molecule has 0 unspecified atom stereocenters. The van der Waals surface area contributed by atoms with Gasteiger partial charge in [-0.3, -0.25) is 25.4 Å². The molecule has 1 aromatic heterocycles. The van der Waals surface area contributed by atoms with E-state index in [0.29, 0.717) is 15.6 Å². The molecule has 24 heavy (non-hydrogen) atoms. The second-order valence-corrected chi connectivity index (χ2v) is 6.07. The van der Waals surface area contributed by atoms with Crippen molar-refractivity contribution in [3.8, 4) is 0 Å². The van der Waals surface area contributed by atoms with Gasteiger partial charge in [0.05, 0.1) is 16.6 Å². The Morgan fingerprint density at radius 3 is 2.29 bits per heavy atom. The number of fused-ring (bicyclic) bond motifs is 1. The third-order valence-electron chi connectivity index (χ3n) is 3.50. The van der Waals surface area contributed by atoms with Gasteiger partial charge in [0, 0.05) is 15.6 Å². The van der Waals surface area contributed by atoms with Crippen LogP contribution in [0.2, 0.25) is 0 Å². The van der Waals surface area contributed by atoms with Gasteiger partial charge in [0.1, 0.15) is 0 Å². The van der Waals surface area contributed by atoms with Crippen molar-refractivity contribution in [3.05, 3.63) is 75.9 Å². The Balaban J connectivity index is 1.81. The summed E-state index contributed by atoms with van der Waals surface area (Å²) in [7, 11) is 0. The van der Waals surface area contributed by atoms with Crippen molar-refractivity contribution in [3.63, 3.8) is 0 Å². The molecule has 1 heterocycles. The molecule has 3 aromatic rings. The van der Waals surface area contributed by atoms with E-state index in [-0.39, 0.29) is 0 Å². The van der Waals surface area contributed by atoms with Gasteiger partial charge in [-0.25, -0.2) is 0 Å². The fourth-order valence-electron chi connectivity index (χ4n) is 2.39. The molecule has 5 nitrogen and oxygen atoms in total. The van der Waals surface area contributed by atoms with Gasteiger partial charge in [-0.05, 0) is 47.1 Å². The van der Waals surface area contributed by atoms with E-state index in [1.54, 1.807) is 24.3 Å². The number of carbonyl (C=O) groups excluding carboxylic acids is 2. The van der Waals surface area contributed by atoms with Crippen LogP contribution >= 0.6 is 15.9 Å². The summed E-state index contributed by atoms with van der Waals surface area (Å²) in [5.41, 5.74) is 7.26. The van der Waals surface area contributed by atoms with Crippen molar-refractivity contribution in [2.75, 3.05) is 0 Å². The van der Waals surface area contributed by atoms with E-state index in [0.717, 1.165) is 16.6 Å². The molecule has 0 saturated carbocycles. The van der Waals surface area contributed by atoms with Crippen molar-refractivity contribution >= 4 is 38.6 Å². The van der Waals surface area contributed by atoms with Crippen molar-refractivity contribution in [1.82, 2.24) is 15.8 Å². The van der Waals surface area contributed by atoms with Crippen molar-refractivity contribution in [1.29, 1.82) is 0 Å². The smallest absolute Gasteiger partial charge is 0.267 e. The summed E-state index contributed by atoms with van der Waals surface area (Å²) in [4.78, 5) is 29.0. The highest BCUT2D eigenvalue weighted by Gasteiger charge is 2.14. The van der Waals surface area contributed by atoms with Crippen molar-refractivity contribution < 1.29 is 9.59 Å². The van der Waals surface area contributed by atoms with Gasteiger partial charge in [-0.15, -0.1) is 0 Å². The minimum absolute atomic E-state index is 0.392. The second-order valence-electron chi connectivity index (χ2n) is 5.22. The SMILES string of the molecule is Cc1cc(C(=O)NNC(=O)c2ccccc2Br)c2ccccc2n1. The molecule has 2 aromatic carbocycles. The zero-order valence-corrected chi connectivity index (χ0v) is 14.4. The lowest BCUT2D eigenvalue weighted by atomic mass is 10.1. The monoisotopic (exact) mass is 383 g/mol. The fraction of sp³-hybridized carbons (Fsp3) is 0.0556. The summed E-state index contributed by atoms with van der Waals surface area (Å²) in [5.74, 6) is -0.789. The maximum absolute atomic E-state index is 12.5. The highest BCUT2D eigenvalue weighted by atomic mass is 79.9. The van der Waals surface area contributed by atoms with E-state index in [2.05, 4.69) is 31.8 Å². The molecule has 120 valence electrons. The molecule has 0 spiro atoms. The number of hydrogen-bond acceptors (Lipinski definition) is 3. The highest BCUT2D eigenvalue weighted by molar-refractivity contribution is 9.10. The van der Waals surface area contributed by atoms with E-state index in [1.165, 1.54) is 0 Å². The Kier molecular flexibility index (Phi) is 4.57. The topological polar surface area (TPSA) is 71.1 Å². The third kappa shape index (κ3) is 3.28. The molecule has 2 N–H and O–H groups in total. The van der Waals surface area contributed by atoms with Crippen LogP contribution in [0.3, 0.4) is 0 Å². The standard InChI is InChI=1S/C18H14BrN3O2/c1-11-10-14(12-6-3-5-9-16(12)20-11)18(24)22-21-17(23)13-7-2-4-8-15(13)19/h2-10H,1H3,(H,21,23)(H,22,24). The number of amides is 2. The molecular formula is C18H14BrN3O2. The average molecular weight is 384 g/mol. The van der Waals surface area contributed by atoms with Gasteiger partial charge in [0.25, 0.3) is 11.8 Å². The minimum Gasteiger partial charge on any atom is -0.267 e. The largest absolute Gasteiger partial charge is 0.270 e. The number of hydrazine groups is 1. The lowest BCUT2D eigenvalue weighted by molar-refractivity contribution is 0.0847. The molecule has 0 fully saturated rings. The molecule has 0 aliphatic carbocycles. The quantitative estimate of drug-likeness (QED) is 0.666. The number of carbonyl (C=O) groups is 2. The van der Waals surface area contributed by atoms with E-state index in [1.807, 2.05) is 37.3 Å². The van der Waals surface area contributed by atoms with Crippen LogP contribution in [-0.4, -0.2) is 16.8 Å². The number of rotatable bonds is 2. The first-order valence-corrected chi connectivity index (χ1v) is 8.07. The normalized spacial score (nSPS) is 10.4. The van der Waals surface area contributed by atoms with Crippen LogP contribution < -0.4 is 10.9 Å². The maximum Gasteiger partial charge on any atom is 0.270 e.